The highest BCUT2D eigenvalue weighted by atomic mass is 16.6. The van der Waals surface area contributed by atoms with Crippen molar-refractivity contribution in [2.45, 2.75) is 6.54 Å². The van der Waals surface area contributed by atoms with Gasteiger partial charge >= 0.3 is 5.88 Å². The molecule has 1 N–H and O–H groups in total. The normalized spacial score (nSPS) is 17.9. The summed E-state index contributed by atoms with van der Waals surface area (Å²) in [5, 5.41) is 13.6. The van der Waals surface area contributed by atoms with Crippen LogP contribution >= 0.6 is 0 Å². The topological polar surface area (TPSA) is 71.6 Å². The van der Waals surface area contributed by atoms with Crippen molar-refractivity contribution in [1.82, 2.24) is 10.2 Å². The summed E-state index contributed by atoms with van der Waals surface area (Å²) < 4.78 is 5.09. The highest BCUT2D eigenvalue weighted by Crippen LogP contribution is 2.17. The van der Waals surface area contributed by atoms with Crippen LogP contribution in [0.15, 0.2) is 16.5 Å². The lowest BCUT2D eigenvalue weighted by Gasteiger charge is -2.25. The lowest BCUT2D eigenvalue weighted by molar-refractivity contribution is -0.402. The molecule has 1 aliphatic heterocycles. The van der Waals surface area contributed by atoms with Crippen molar-refractivity contribution in [2.24, 2.45) is 0 Å². The molecule has 0 aromatic carbocycles. The Kier molecular flexibility index (Phi) is 2.98. The van der Waals surface area contributed by atoms with E-state index in [1.165, 1.54) is 6.07 Å². The van der Waals surface area contributed by atoms with Gasteiger partial charge in [-0.15, -0.1) is 0 Å². The molecule has 0 aliphatic carbocycles. The Balaban J connectivity index is 1.94. The van der Waals surface area contributed by atoms with Gasteiger partial charge in [0.1, 0.15) is 10.7 Å². The summed E-state index contributed by atoms with van der Waals surface area (Å²) >= 11 is 0. The standard InChI is InChI=1S/C9H13N3O3/c13-12(14)9-2-1-8(15-9)7-11-5-3-10-4-6-11/h1-2,10H,3-7H2. The van der Waals surface area contributed by atoms with Crippen LogP contribution in [0.25, 0.3) is 0 Å². The molecule has 1 saturated heterocycles. The van der Waals surface area contributed by atoms with Crippen molar-refractivity contribution >= 4 is 5.88 Å². The molecule has 6 nitrogen and oxygen atoms in total. The Labute approximate surface area is 87.0 Å². The molecule has 0 radical (unpaired) electrons. The van der Waals surface area contributed by atoms with Crippen molar-refractivity contribution in [3.05, 3.63) is 28.0 Å². The molecule has 1 aromatic heterocycles. The van der Waals surface area contributed by atoms with Crippen LogP contribution in [0.1, 0.15) is 5.76 Å². The average Bonchev–Trinajstić information content (AvgIpc) is 2.68. The molecular formula is C9H13N3O3. The van der Waals surface area contributed by atoms with Crippen LogP contribution in [0.5, 0.6) is 0 Å². The molecule has 82 valence electrons. The zero-order valence-corrected chi connectivity index (χ0v) is 8.31. The Morgan fingerprint density at radius 2 is 2.20 bits per heavy atom. The molecule has 1 aromatic rings. The third-order valence-electron chi connectivity index (χ3n) is 2.42. The zero-order valence-electron chi connectivity index (χ0n) is 8.31. The van der Waals surface area contributed by atoms with Gasteiger partial charge in [0.2, 0.25) is 0 Å². The summed E-state index contributed by atoms with van der Waals surface area (Å²) in [7, 11) is 0. The fraction of sp³-hybridized carbons (Fsp3) is 0.556. The third kappa shape index (κ3) is 2.54. The number of nitro groups is 1. The number of hydrogen-bond donors (Lipinski definition) is 1. The predicted octanol–water partition coefficient (Wildman–Crippen LogP) is 0.593. The predicted molar refractivity (Wildman–Crippen MR) is 53.5 cm³/mol. The van der Waals surface area contributed by atoms with Crippen molar-refractivity contribution in [2.75, 3.05) is 26.2 Å². The van der Waals surface area contributed by atoms with Gasteiger partial charge < -0.3 is 9.73 Å². The quantitative estimate of drug-likeness (QED) is 0.585. The molecular weight excluding hydrogens is 198 g/mol. The van der Waals surface area contributed by atoms with Crippen LogP contribution < -0.4 is 5.32 Å². The first-order chi connectivity index (χ1) is 7.25. The van der Waals surface area contributed by atoms with Gasteiger partial charge in [-0.05, 0) is 6.07 Å². The number of rotatable bonds is 3. The number of piperazine rings is 1. The van der Waals surface area contributed by atoms with Crippen LogP contribution in [-0.2, 0) is 6.54 Å². The molecule has 2 rings (SSSR count). The van der Waals surface area contributed by atoms with Crippen LogP contribution in [-0.4, -0.2) is 36.0 Å². The summed E-state index contributed by atoms with van der Waals surface area (Å²) in [4.78, 5) is 12.1. The molecule has 1 fully saturated rings. The highest BCUT2D eigenvalue weighted by Gasteiger charge is 2.15. The molecule has 0 unspecified atom stereocenters. The van der Waals surface area contributed by atoms with E-state index in [0.717, 1.165) is 26.2 Å². The summed E-state index contributed by atoms with van der Waals surface area (Å²) in [6, 6.07) is 3.07. The van der Waals surface area contributed by atoms with Crippen LogP contribution in [0, 0.1) is 10.1 Å². The molecule has 0 saturated carbocycles. The summed E-state index contributed by atoms with van der Waals surface area (Å²) in [6.45, 7) is 4.48. The van der Waals surface area contributed by atoms with Gasteiger partial charge in [-0.2, -0.15) is 0 Å². The maximum absolute atomic E-state index is 10.4. The second kappa shape index (κ2) is 4.41. The summed E-state index contributed by atoms with van der Waals surface area (Å²) in [5.41, 5.74) is 0. The monoisotopic (exact) mass is 211 g/mol. The minimum atomic E-state index is -0.513. The van der Waals surface area contributed by atoms with E-state index in [1.807, 2.05) is 0 Å². The van der Waals surface area contributed by atoms with E-state index in [2.05, 4.69) is 10.2 Å². The van der Waals surface area contributed by atoms with Crippen molar-refractivity contribution in [1.29, 1.82) is 0 Å². The van der Waals surface area contributed by atoms with Gasteiger partial charge in [0.15, 0.2) is 0 Å². The molecule has 15 heavy (non-hydrogen) atoms. The fourth-order valence-electron chi connectivity index (χ4n) is 1.64. The first-order valence-electron chi connectivity index (χ1n) is 4.92. The second-order valence-electron chi connectivity index (χ2n) is 3.52. The largest absolute Gasteiger partial charge is 0.433 e. The van der Waals surface area contributed by atoms with E-state index in [4.69, 9.17) is 4.42 Å². The maximum Gasteiger partial charge on any atom is 0.433 e. The number of furan rings is 1. The summed E-state index contributed by atoms with van der Waals surface area (Å²) in [6.07, 6.45) is 0. The SMILES string of the molecule is O=[N+]([O-])c1ccc(CN2CCNCC2)o1. The van der Waals surface area contributed by atoms with E-state index in [1.54, 1.807) is 6.07 Å². The first kappa shape index (κ1) is 10.1. The Morgan fingerprint density at radius 1 is 1.47 bits per heavy atom. The van der Waals surface area contributed by atoms with E-state index in [0.29, 0.717) is 12.3 Å². The zero-order chi connectivity index (χ0) is 10.7. The Hall–Kier alpha value is -1.40. The molecule has 6 heteroatoms. The van der Waals surface area contributed by atoms with Crippen LogP contribution in [0.3, 0.4) is 0 Å². The highest BCUT2D eigenvalue weighted by molar-refractivity contribution is 5.17. The fourth-order valence-corrected chi connectivity index (χ4v) is 1.64. The lowest BCUT2D eigenvalue weighted by Crippen LogP contribution is -2.42. The second-order valence-corrected chi connectivity index (χ2v) is 3.52. The minimum absolute atomic E-state index is 0.180. The molecule has 0 atom stereocenters. The molecule has 0 spiro atoms. The molecule has 2 heterocycles. The van der Waals surface area contributed by atoms with E-state index >= 15 is 0 Å². The molecule has 1 aliphatic rings. The van der Waals surface area contributed by atoms with Crippen LogP contribution in [0.2, 0.25) is 0 Å². The third-order valence-corrected chi connectivity index (χ3v) is 2.42. The van der Waals surface area contributed by atoms with Gasteiger partial charge in [-0.1, -0.05) is 0 Å². The number of nitrogens with one attached hydrogen (secondary N) is 1. The van der Waals surface area contributed by atoms with Gasteiger partial charge in [0.25, 0.3) is 0 Å². The number of hydrogen-bond acceptors (Lipinski definition) is 5. The van der Waals surface area contributed by atoms with E-state index in [-0.39, 0.29) is 5.88 Å². The molecule has 0 bridgehead atoms. The minimum Gasteiger partial charge on any atom is -0.404 e. The maximum atomic E-state index is 10.4. The van der Waals surface area contributed by atoms with E-state index in [9.17, 15) is 10.1 Å². The van der Waals surface area contributed by atoms with Gasteiger partial charge in [-0.3, -0.25) is 15.0 Å². The Bertz CT molecular complexity index is 344. The van der Waals surface area contributed by atoms with Crippen molar-refractivity contribution in [3.63, 3.8) is 0 Å². The lowest BCUT2D eigenvalue weighted by atomic mass is 10.3. The van der Waals surface area contributed by atoms with Crippen LogP contribution in [0.4, 0.5) is 5.88 Å². The smallest absolute Gasteiger partial charge is 0.404 e. The van der Waals surface area contributed by atoms with Gasteiger partial charge in [0, 0.05) is 26.2 Å². The van der Waals surface area contributed by atoms with Crippen molar-refractivity contribution < 1.29 is 9.34 Å². The van der Waals surface area contributed by atoms with Crippen molar-refractivity contribution in [3.8, 4) is 0 Å². The molecule has 0 amide bonds. The Morgan fingerprint density at radius 3 is 2.80 bits per heavy atom. The average molecular weight is 211 g/mol. The van der Waals surface area contributed by atoms with E-state index < -0.39 is 4.92 Å². The van der Waals surface area contributed by atoms with Gasteiger partial charge in [0.05, 0.1) is 12.6 Å². The summed E-state index contributed by atoms with van der Waals surface area (Å²) in [5.74, 6) is 0.476. The first-order valence-corrected chi connectivity index (χ1v) is 4.92. The number of nitrogens with zero attached hydrogens (tertiary/aromatic N) is 2. The van der Waals surface area contributed by atoms with Gasteiger partial charge in [-0.25, -0.2) is 0 Å².